The number of carbonyl (C=O) groups excluding carboxylic acids is 3. The number of aromatic hydroxyl groups is 2. The molecule has 4 unspecified atom stereocenters. The van der Waals surface area contributed by atoms with Crippen molar-refractivity contribution in [3.8, 4) is 11.5 Å². The lowest BCUT2D eigenvalue weighted by Crippen LogP contribution is -2.58. The SMILES string of the molecule is NC(Cc1cnc[nH]1)C(=O)NC(Cc1ccc(O)cc1)C(=O)NC(Cc1ccccc1)C(=O)NC(Cc1ccc(O)cc1)C(=O)O. The summed E-state index contributed by atoms with van der Waals surface area (Å²) in [5.74, 6) is -3.30. The average Bonchev–Trinajstić information content (AvgIpc) is 3.55. The monoisotopic (exact) mass is 628 g/mol. The Balaban J connectivity index is 1.55. The van der Waals surface area contributed by atoms with Gasteiger partial charge in [-0.3, -0.25) is 14.4 Å². The molecule has 0 saturated heterocycles. The van der Waals surface area contributed by atoms with E-state index >= 15 is 0 Å². The first-order valence-electron chi connectivity index (χ1n) is 14.5. The lowest BCUT2D eigenvalue weighted by atomic mass is 10.0. The van der Waals surface area contributed by atoms with Crippen LogP contribution < -0.4 is 21.7 Å². The van der Waals surface area contributed by atoms with E-state index in [1.54, 1.807) is 54.6 Å². The molecular weight excluding hydrogens is 592 g/mol. The first kappa shape index (κ1) is 33.2. The molecule has 4 aromatic rings. The van der Waals surface area contributed by atoms with Gasteiger partial charge in [-0.2, -0.15) is 0 Å². The lowest BCUT2D eigenvalue weighted by molar-refractivity contribution is -0.142. The molecular formula is C33H36N6O7. The zero-order valence-electron chi connectivity index (χ0n) is 24.8. The van der Waals surface area contributed by atoms with Gasteiger partial charge < -0.3 is 42.0 Å². The first-order chi connectivity index (χ1) is 22.1. The summed E-state index contributed by atoms with van der Waals surface area (Å²) >= 11 is 0. The number of imidazole rings is 1. The van der Waals surface area contributed by atoms with Crippen LogP contribution in [-0.4, -0.2) is 73.1 Å². The number of rotatable bonds is 15. The van der Waals surface area contributed by atoms with Crippen LogP contribution in [0.1, 0.15) is 22.4 Å². The van der Waals surface area contributed by atoms with Crippen molar-refractivity contribution < 1.29 is 34.5 Å². The number of nitrogens with zero attached hydrogens (tertiary/aromatic N) is 1. The molecule has 9 N–H and O–H groups in total. The largest absolute Gasteiger partial charge is 0.508 e. The molecule has 4 atom stereocenters. The third kappa shape index (κ3) is 9.92. The minimum atomic E-state index is -1.33. The Labute approximate surface area is 264 Å². The van der Waals surface area contributed by atoms with E-state index in [2.05, 4.69) is 25.9 Å². The molecule has 3 aromatic carbocycles. The standard InChI is InChI=1S/C33H36N6O7/c34-26(17-23-18-35-19-36-23)30(42)37-27(15-21-6-10-24(40)11-7-21)31(43)38-28(14-20-4-2-1-3-5-20)32(44)39-29(33(45)46)16-22-8-12-25(41)13-9-22/h1-13,18-19,26-29,40-41H,14-17,34H2,(H,35,36)(H,37,42)(H,38,43)(H,39,44)(H,45,46). The molecule has 1 aromatic heterocycles. The molecule has 46 heavy (non-hydrogen) atoms. The van der Waals surface area contributed by atoms with Crippen LogP contribution in [0.4, 0.5) is 0 Å². The fraction of sp³-hybridized carbons (Fsp3) is 0.242. The van der Waals surface area contributed by atoms with Crippen molar-refractivity contribution in [1.82, 2.24) is 25.9 Å². The predicted molar refractivity (Wildman–Crippen MR) is 167 cm³/mol. The summed E-state index contributed by atoms with van der Waals surface area (Å²) in [7, 11) is 0. The maximum Gasteiger partial charge on any atom is 0.326 e. The van der Waals surface area contributed by atoms with Crippen LogP contribution in [0.15, 0.2) is 91.4 Å². The number of H-pyrrole nitrogens is 1. The van der Waals surface area contributed by atoms with Gasteiger partial charge in [0.05, 0.1) is 12.4 Å². The minimum absolute atomic E-state index is 0.00686. The highest BCUT2D eigenvalue weighted by Crippen LogP contribution is 2.14. The van der Waals surface area contributed by atoms with Gasteiger partial charge in [0, 0.05) is 37.6 Å². The lowest BCUT2D eigenvalue weighted by Gasteiger charge is -2.25. The second kappa shape index (κ2) is 15.9. The van der Waals surface area contributed by atoms with E-state index < -0.39 is 47.9 Å². The minimum Gasteiger partial charge on any atom is -0.508 e. The number of hydrogen-bond donors (Lipinski definition) is 8. The van der Waals surface area contributed by atoms with E-state index in [-0.39, 0.29) is 37.2 Å². The van der Waals surface area contributed by atoms with E-state index in [1.165, 1.54) is 36.8 Å². The number of nitrogens with one attached hydrogen (secondary N) is 4. The molecule has 0 radical (unpaired) electrons. The summed E-state index contributed by atoms with van der Waals surface area (Å²) in [4.78, 5) is 59.4. The number of carboxylic acids is 1. The van der Waals surface area contributed by atoms with Crippen molar-refractivity contribution >= 4 is 23.7 Å². The summed E-state index contributed by atoms with van der Waals surface area (Å²) in [6.45, 7) is 0. The van der Waals surface area contributed by atoms with Crippen molar-refractivity contribution in [2.45, 2.75) is 49.9 Å². The second-order valence-corrected chi connectivity index (χ2v) is 10.8. The number of hydrogen-bond acceptors (Lipinski definition) is 8. The molecule has 1 heterocycles. The highest BCUT2D eigenvalue weighted by Gasteiger charge is 2.31. The van der Waals surface area contributed by atoms with E-state index in [1.807, 2.05) is 0 Å². The topological polar surface area (TPSA) is 220 Å². The second-order valence-electron chi connectivity index (χ2n) is 10.8. The Morgan fingerprint density at radius 2 is 1.11 bits per heavy atom. The predicted octanol–water partition coefficient (Wildman–Crippen LogP) is 0.958. The van der Waals surface area contributed by atoms with Crippen LogP contribution in [0.2, 0.25) is 0 Å². The van der Waals surface area contributed by atoms with Crippen LogP contribution in [0, 0.1) is 0 Å². The fourth-order valence-electron chi connectivity index (χ4n) is 4.75. The van der Waals surface area contributed by atoms with Crippen LogP contribution in [0.5, 0.6) is 11.5 Å². The highest BCUT2D eigenvalue weighted by molar-refractivity contribution is 5.94. The molecule has 0 spiro atoms. The van der Waals surface area contributed by atoms with E-state index in [0.717, 1.165) is 0 Å². The molecule has 0 bridgehead atoms. The van der Waals surface area contributed by atoms with Gasteiger partial charge in [0.25, 0.3) is 0 Å². The Morgan fingerprint density at radius 3 is 1.59 bits per heavy atom. The smallest absolute Gasteiger partial charge is 0.326 e. The number of nitrogens with two attached hydrogens (primary N) is 1. The molecule has 3 amide bonds. The fourth-order valence-corrected chi connectivity index (χ4v) is 4.75. The quantitative estimate of drug-likeness (QED) is 0.0938. The van der Waals surface area contributed by atoms with E-state index in [9.17, 15) is 34.5 Å². The molecule has 0 aliphatic rings. The van der Waals surface area contributed by atoms with Gasteiger partial charge in [-0.1, -0.05) is 54.6 Å². The van der Waals surface area contributed by atoms with Crippen molar-refractivity contribution in [3.05, 3.63) is 114 Å². The molecule has 240 valence electrons. The van der Waals surface area contributed by atoms with Crippen molar-refractivity contribution in [3.63, 3.8) is 0 Å². The number of aromatic amines is 1. The Morgan fingerprint density at radius 1 is 0.652 bits per heavy atom. The summed E-state index contributed by atoms with van der Waals surface area (Å²) in [5.41, 5.74) is 8.63. The highest BCUT2D eigenvalue weighted by atomic mass is 16.4. The third-order valence-corrected chi connectivity index (χ3v) is 7.25. The number of carboxylic acid groups (broad SMARTS) is 1. The zero-order valence-corrected chi connectivity index (χ0v) is 24.8. The number of aromatic nitrogens is 2. The number of aliphatic carboxylic acids is 1. The van der Waals surface area contributed by atoms with Crippen LogP contribution >= 0.6 is 0 Å². The van der Waals surface area contributed by atoms with Gasteiger partial charge in [-0.25, -0.2) is 9.78 Å². The first-order valence-corrected chi connectivity index (χ1v) is 14.5. The molecule has 0 fully saturated rings. The molecule has 0 saturated carbocycles. The molecule has 13 heteroatoms. The third-order valence-electron chi connectivity index (χ3n) is 7.25. The van der Waals surface area contributed by atoms with Gasteiger partial charge >= 0.3 is 5.97 Å². The van der Waals surface area contributed by atoms with Crippen LogP contribution in [0.25, 0.3) is 0 Å². The van der Waals surface area contributed by atoms with Gasteiger partial charge in [0.2, 0.25) is 17.7 Å². The van der Waals surface area contributed by atoms with Crippen molar-refractivity contribution in [2.24, 2.45) is 5.73 Å². The Kier molecular flexibility index (Phi) is 11.5. The summed E-state index contributed by atoms with van der Waals surface area (Å²) in [6.07, 6.45) is 3.10. The van der Waals surface area contributed by atoms with Crippen LogP contribution in [0.3, 0.4) is 0 Å². The molecule has 0 aliphatic carbocycles. The Hall–Kier alpha value is -5.69. The number of benzene rings is 3. The van der Waals surface area contributed by atoms with Gasteiger partial charge in [0.15, 0.2) is 0 Å². The number of phenols is 2. The van der Waals surface area contributed by atoms with Crippen LogP contribution in [-0.2, 0) is 44.9 Å². The number of phenolic OH excluding ortho intramolecular Hbond substituents is 2. The van der Waals surface area contributed by atoms with Crippen molar-refractivity contribution in [2.75, 3.05) is 0 Å². The van der Waals surface area contributed by atoms with Gasteiger partial charge in [-0.05, 0) is 41.0 Å². The number of amides is 3. The molecule has 4 rings (SSSR count). The zero-order chi connectivity index (χ0) is 33.1. The summed E-state index contributed by atoms with van der Waals surface area (Å²) in [5, 5.41) is 37.0. The molecule has 13 nitrogen and oxygen atoms in total. The maximum absolute atomic E-state index is 13.8. The van der Waals surface area contributed by atoms with Gasteiger partial charge in [-0.15, -0.1) is 0 Å². The number of carbonyl (C=O) groups is 4. The van der Waals surface area contributed by atoms with Crippen molar-refractivity contribution in [1.29, 1.82) is 0 Å². The normalized spacial score (nSPS) is 13.5. The van der Waals surface area contributed by atoms with E-state index in [0.29, 0.717) is 22.4 Å². The van der Waals surface area contributed by atoms with Gasteiger partial charge in [0.1, 0.15) is 29.6 Å². The van der Waals surface area contributed by atoms with E-state index in [4.69, 9.17) is 5.73 Å². The summed E-state index contributed by atoms with van der Waals surface area (Å²) in [6, 6.07) is 16.1. The molecule has 0 aliphatic heterocycles. The summed E-state index contributed by atoms with van der Waals surface area (Å²) < 4.78 is 0. The maximum atomic E-state index is 13.8. The Bertz CT molecular complexity index is 1600. The average molecular weight is 629 g/mol.